The Labute approximate surface area is 129 Å². The first-order valence-corrected chi connectivity index (χ1v) is 8.26. The molecule has 1 unspecified atom stereocenters. The SMILES string of the molecule is Cc1cc(C(=O)COC2CCCc3ccccc32)c(C)s1. The number of hydrogen-bond acceptors (Lipinski definition) is 3. The van der Waals surface area contributed by atoms with Gasteiger partial charge in [-0.15, -0.1) is 11.3 Å². The maximum atomic E-state index is 12.3. The molecule has 0 bridgehead atoms. The normalized spacial score (nSPS) is 17.5. The number of ether oxygens (including phenoxy) is 1. The molecule has 1 heterocycles. The van der Waals surface area contributed by atoms with Crippen molar-refractivity contribution in [1.29, 1.82) is 0 Å². The quantitative estimate of drug-likeness (QED) is 0.769. The fourth-order valence-corrected chi connectivity index (χ4v) is 3.99. The Morgan fingerprint density at radius 1 is 1.33 bits per heavy atom. The third-order valence-corrected chi connectivity index (χ3v) is 5.04. The molecule has 1 aliphatic rings. The van der Waals surface area contributed by atoms with Crippen LogP contribution in [0.1, 0.15) is 50.2 Å². The van der Waals surface area contributed by atoms with Gasteiger partial charge in [-0.3, -0.25) is 4.79 Å². The number of ketones is 1. The summed E-state index contributed by atoms with van der Waals surface area (Å²) in [7, 11) is 0. The molecule has 1 aromatic heterocycles. The molecule has 2 nitrogen and oxygen atoms in total. The summed E-state index contributed by atoms with van der Waals surface area (Å²) in [5.41, 5.74) is 3.44. The van der Waals surface area contributed by atoms with Gasteiger partial charge in [-0.1, -0.05) is 24.3 Å². The zero-order valence-corrected chi connectivity index (χ0v) is 13.3. The topological polar surface area (TPSA) is 26.3 Å². The van der Waals surface area contributed by atoms with Crippen molar-refractivity contribution in [3.05, 3.63) is 56.8 Å². The summed E-state index contributed by atoms with van der Waals surface area (Å²) in [5, 5.41) is 0. The lowest BCUT2D eigenvalue weighted by Gasteiger charge is -2.25. The molecule has 0 N–H and O–H groups in total. The smallest absolute Gasteiger partial charge is 0.189 e. The zero-order valence-electron chi connectivity index (χ0n) is 12.5. The third-order valence-electron chi connectivity index (χ3n) is 4.07. The van der Waals surface area contributed by atoms with Gasteiger partial charge in [0.1, 0.15) is 6.61 Å². The molecule has 0 amide bonds. The molecule has 0 radical (unpaired) electrons. The Morgan fingerprint density at radius 2 is 2.14 bits per heavy atom. The predicted molar refractivity (Wildman–Crippen MR) is 86.2 cm³/mol. The fraction of sp³-hybridized carbons (Fsp3) is 0.389. The van der Waals surface area contributed by atoms with Crippen molar-refractivity contribution in [2.75, 3.05) is 6.61 Å². The summed E-state index contributed by atoms with van der Waals surface area (Å²) < 4.78 is 5.94. The molecule has 110 valence electrons. The molecule has 0 fully saturated rings. The number of thiophene rings is 1. The van der Waals surface area contributed by atoms with E-state index in [9.17, 15) is 4.79 Å². The molecule has 1 aliphatic carbocycles. The minimum atomic E-state index is 0.0685. The molecule has 1 aromatic carbocycles. The number of aryl methyl sites for hydroxylation is 3. The molecule has 2 aromatic rings. The fourth-order valence-electron chi connectivity index (χ4n) is 3.04. The van der Waals surface area contributed by atoms with Crippen LogP contribution in [0.25, 0.3) is 0 Å². The lowest BCUT2D eigenvalue weighted by molar-refractivity contribution is 0.0372. The molecule has 3 rings (SSSR count). The first kappa shape index (κ1) is 14.5. The van der Waals surface area contributed by atoms with Crippen LogP contribution in [0.15, 0.2) is 30.3 Å². The van der Waals surface area contributed by atoms with Gasteiger partial charge in [0.05, 0.1) is 6.10 Å². The number of fused-ring (bicyclic) bond motifs is 1. The minimum Gasteiger partial charge on any atom is -0.365 e. The number of carbonyl (C=O) groups excluding carboxylic acids is 1. The van der Waals surface area contributed by atoms with Crippen LogP contribution in [0.4, 0.5) is 0 Å². The third kappa shape index (κ3) is 3.09. The maximum absolute atomic E-state index is 12.3. The highest BCUT2D eigenvalue weighted by Gasteiger charge is 2.22. The van der Waals surface area contributed by atoms with Crippen LogP contribution < -0.4 is 0 Å². The zero-order chi connectivity index (χ0) is 14.8. The summed E-state index contributed by atoms with van der Waals surface area (Å²) in [6.07, 6.45) is 3.32. The van der Waals surface area contributed by atoms with Crippen LogP contribution in [-0.4, -0.2) is 12.4 Å². The van der Waals surface area contributed by atoms with Crippen molar-refractivity contribution >= 4 is 17.1 Å². The Morgan fingerprint density at radius 3 is 2.90 bits per heavy atom. The molecule has 0 spiro atoms. The number of rotatable bonds is 4. The van der Waals surface area contributed by atoms with Crippen LogP contribution >= 0.6 is 11.3 Å². The summed E-state index contributed by atoms with van der Waals surface area (Å²) >= 11 is 1.67. The van der Waals surface area contributed by atoms with Gasteiger partial charge in [-0.2, -0.15) is 0 Å². The van der Waals surface area contributed by atoms with Gasteiger partial charge in [-0.25, -0.2) is 0 Å². The molecule has 1 atom stereocenters. The van der Waals surface area contributed by atoms with Crippen molar-refractivity contribution in [2.45, 2.75) is 39.2 Å². The average Bonchev–Trinajstić information content (AvgIpc) is 2.83. The Kier molecular flexibility index (Phi) is 4.22. The van der Waals surface area contributed by atoms with E-state index in [4.69, 9.17) is 4.74 Å². The molecular weight excluding hydrogens is 280 g/mol. The van der Waals surface area contributed by atoms with Gasteiger partial charge in [0.25, 0.3) is 0 Å². The molecule has 0 saturated heterocycles. The van der Waals surface area contributed by atoms with E-state index >= 15 is 0 Å². The lowest BCUT2D eigenvalue weighted by atomic mass is 9.89. The van der Waals surface area contributed by atoms with Crippen LogP contribution in [0.2, 0.25) is 0 Å². The van der Waals surface area contributed by atoms with Gasteiger partial charge in [0.15, 0.2) is 5.78 Å². The van der Waals surface area contributed by atoms with Crippen LogP contribution in [-0.2, 0) is 11.2 Å². The summed E-state index contributed by atoms with van der Waals surface area (Å²) in [5.74, 6) is 0.0971. The van der Waals surface area contributed by atoms with Crippen molar-refractivity contribution in [1.82, 2.24) is 0 Å². The van der Waals surface area contributed by atoms with Crippen molar-refractivity contribution < 1.29 is 9.53 Å². The van der Waals surface area contributed by atoms with Crippen molar-refractivity contribution in [3.63, 3.8) is 0 Å². The minimum absolute atomic E-state index is 0.0685. The number of carbonyl (C=O) groups is 1. The number of Topliss-reactive ketones (excluding diaryl/α,β-unsaturated/α-hetero) is 1. The van der Waals surface area contributed by atoms with E-state index in [0.717, 1.165) is 29.7 Å². The number of benzene rings is 1. The lowest BCUT2D eigenvalue weighted by Crippen LogP contribution is -2.17. The van der Waals surface area contributed by atoms with E-state index in [0.29, 0.717) is 0 Å². The summed E-state index contributed by atoms with van der Waals surface area (Å²) in [6.45, 7) is 4.21. The van der Waals surface area contributed by atoms with Crippen LogP contribution in [0, 0.1) is 13.8 Å². The summed E-state index contributed by atoms with van der Waals surface area (Å²) in [4.78, 5) is 14.6. The highest BCUT2D eigenvalue weighted by molar-refractivity contribution is 7.12. The second-order valence-electron chi connectivity index (χ2n) is 5.64. The van der Waals surface area contributed by atoms with Crippen molar-refractivity contribution in [2.24, 2.45) is 0 Å². The standard InChI is InChI=1S/C18H20O2S/c1-12-10-16(13(2)21-12)17(19)11-20-18-9-5-7-14-6-3-4-8-15(14)18/h3-4,6,8,10,18H,5,7,9,11H2,1-2H3. The van der Waals surface area contributed by atoms with E-state index in [2.05, 4.69) is 24.3 Å². The highest BCUT2D eigenvalue weighted by atomic mass is 32.1. The van der Waals surface area contributed by atoms with Gasteiger partial charge in [-0.05, 0) is 50.3 Å². The molecule has 0 saturated carbocycles. The maximum Gasteiger partial charge on any atom is 0.189 e. The van der Waals surface area contributed by atoms with Crippen LogP contribution in [0.3, 0.4) is 0 Å². The van der Waals surface area contributed by atoms with Crippen molar-refractivity contribution in [3.8, 4) is 0 Å². The van der Waals surface area contributed by atoms with E-state index in [1.165, 1.54) is 16.0 Å². The van der Waals surface area contributed by atoms with E-state index in [1.807, 2.05) is 19.9 Å². The molecule has 21 heavy (non-hydrogen) atoms. The Bertz CT molecular complexity index is 657. The largest absolute Gasteiger partial charge is 0.365 e. The van der Waals surface area contributed by atoms with Crippen LogP contribution in [0.5, 0.6) is 0 Å². The molecule has 0 aliphatic heterocycles. The average molecular weight is 300 g/mol. The second-order valence-corrected chi connectivity index (χ2v) is 7.10. The monoisotopic (exact) mass is 300 g/mol. The first-order valence-electron chi connectivity index (χ1n) is 7.45. The Balaban J connectivity index is 1.69. The first-order chi connectivity index (χ1) is 10.1. The van der Waals surface area contributed by atoms with E-state index < -0.39 is 0 Å². The van der Waals surface area contributed by atoms with E-state index in [-0.39, 0.29) is 18.5 Å². The highest BCUT2D eigenvalue weighted by Crippen LogP contribution is 2.32. The second kappa shape index (κ2) is 6.12. The van der Waals surface area contributed by atoms with Gasteiger partial charge < -0.3 is 4.74 Å². The Hall–Kier alpha value is -1.45. The van der Waals surface area contributed by atoms with Gasteiger partial charge in [0.2, 0.25) is 0 Å². The van der Waals surface area contributed by atoms with E-state index in [1.54, 1.807) is 11.3 Å². The predicted octanol–water partition coefficient (Wildman–Crippen LogP) is 4.64. The van der Waals surface area contributed by atoms with Gasteiger partial charge >= 0.3 is 0 Å². The number of hydrogen-bond donors (Lipinski definition) is 0. The molecule has 3 heteroatoms. The summed E-state index contributed by atoms with van der Waals surface area (Å²) in [6, 6.07) is 10.4. The van der Waals surface area contributed by atoms with Gasteiger partial charge in [0, 0.05) is 15.3 Å². The molecular formula is C18H20O2S.